The first kappa shape index (κ1) is 19.6. The Kier molecular flexibility index (Phi) is 6.90. The molecule has 6 nitrogen and oxygen atoms in total. The highest BCUT2D eigenvalue weighted by atomic mass is 16.5. The van der Waals surface area contributed by atoms with E-state index in [9.17, 15) is 10.1 Å². The first-order chi connectivity index (χ1) is 11.3. The van der Waals surface area contributed by atoms with Crippen LogP contribution in [0.4, 0.5) is 0 Å². The summed E-state index contributed by atoms with van der Waals surface area (Å²) in [4.78, 5) is 12.3. The van der Waals surface area contributed by atoms with Crippen LogP contribution in [0, 0.1) is 17.2 Å². The van der Waals surface area contributed by atoms with Gasteiger partial charge in [-0.2, -0.15) is 5.26 Å². The number of ether oxygens (including phenoxy) is 3. The lowest BCUT2D eigenvalue weighted by atomic mass is 9.92. The molecule has 0 fully saturated rings. The fraction of sp³-hybridized carbons (Fsp3) is 0.556. The second-order valence-corrected chi connectivity index (χ2v) is 6.30. The van der Waals surface area contributed by atoms with Crippen molar-refractivity contribution in [3.8, 4) is 23.3 Å². The summed E-state index contributed by atoms with van der Waals surface area (Å²) in [5.74, 6) is 1.53. The van der Waals surface area contributed by atoms with Gasteiger partial charge in [-0.15, -0.1) is 0 Å². The molecule has 0 spiro atoms. The number of carbonyl (C=O) groups excluding carboxylic acids is 1. The summed E-state index contributed by atoms with van der Waals surface area (Å²) in [6.07, 6.45) is 0.705. The van der Waals surface area contributed by atoms with Gasteiger partial charge in [-0.25, -0.2) is 0 Å². The van der Waals surface area contributed by atoms with E-state index in [0.717, 1.165) is 0 Å². The molecule has 24 heavy (non-hydrogen) atoms. The minimum absolute atomic E-state index is 0.117. The van der Waals surface area contributed by atoms with Crippen molar-refractivity contribution >= 4 is 5.91 Å². The Morgan fingerprint density at radius 3 is 2.12 bits per heavy atom. The van der Waals surface area contributed by atoms with Crippen molar-refractivity contribution < 1.29 is 19.0 Å². The summed E-state index contributed by atoms with van der Waals surface area (Å²) in [6.45, 7) is 5.77. The van der Waals surface area contributed by atoms with Gasteiger partial charge < -0.3 is 19.5 Å². The largest absolute Gasteiger partial charge is 0.493 e. The SMILES string of the molecule is COc1cc(CC(=O)N[C@](C)(C#N)CC(C)C)cc(OC)c1OC. The van der Waals surface area contributed by atoms with E-state index >= 15 is 0 Å². The van der Waals surface area contributed by atoms with Crippen LogP contribution >= 0.6 is 0 Å². The summed E-state index contributed by atoms with van der Waals surface area (Å²) in [6, 6.07) is 5.65. The maximum absolute atomic E-state index is 12.3. The number of carbonyl (C=O) groups is 1. The fourth-order valence-corrected chi connectivity index (χ4v) is 2.72. The normalized spacial score (nSPS) is 12.9. The van der Waals surface area contributed by atoms with E-state index in [0.29, 0.717) is 35.2 Å². The molecule has 1 atom stereocenters. The molecule has 1 rings (SSSR count). The Bertz CT molecular complexity index is 597. The molecular weight excluding hydrogens is 308 g/mol. The zero-order valence-electron chi connectivity index (χ0n) is 15.2. The van der Waals surface area contributed by atoms with E-state index in [1.54, 1.807) is 19.1 Å². The molecule has 0 radical (unpaired) electrons. The van der Waals surface area contributed by atoms with E-state index in [1.165, 1.54) is 21.3 Å². The van der Waals surface area contributed by atoms with Gasteiger partial charge in [0.15, 0.2) is 11.5 Å². The molecule has 0 saturated carbocycles. The lowest BCUT2D eigenvalue weighted by Crippen LogP contribution is -2.46. The van der Waals surface area contributed by atoms with E-state index < -0.39 is 5.54 Å². The Morgan fingerprint density at radius 1 is 1.21 bits per heavy atom. The molecule has 0 aliphatic heterocycles. The van der Waals surface area contributed by atoms with Crippen molar-refractivity contribution in [2.75, 3.05) is 21.3 Å². The summed E-state index contributed by atoms with van der Waals surface area (Å²) < 4.78 is 15.8. The van der Waals surface area contributed by atoms with Gasteiger partial charge in [0.2, 0.25) is 11.7 Å². The number of amides is 1. The highest BCUT2D eigenvalue weighted by Gasteiger charge is 2.27. The smallest absolute Gasteiger partial charge is 0.225 e. The summed E-state index contributed by atoms with van der Waals surface area (Å²) in [5.41, 5.74) is -0.168. The van der Waals surface area contributed by atoms with Crippen molar-refractivity contribution in [3.63, 3.8) is 0 Å². The maximum Gasteiger partial charge on any atom is 0.225 e. The van der Waals surface area contributed by atoms with Crippen LogP contribution in [0.5, 0.6) is 17.2 Å². The second kappa shape index (κ2) is 8.44. The van der Waals surface area contributed by atoms with Gasteiger partial charge >= 0.3 is 0 Å². The number of methoxy groups -OCH3 is 3. The van der Waals surface area contributed by atoms with Crippen molar-refractivity contribution in [2.24, 2.45) is 5.92 Å². The van der Waals surface area contributed by atoms with Crippen molar-refractivity contribution in [3.05, 3.63) is 17.7 Å². The zero-order valence-corrected chi connectivity index (χ0v) is 15.2. The lowest BCUT2D eigenvalue weighted by molar-refractivity contribution is -0.121. The average molecular weight is 334 g/mol. The first-order valence-electron chi connectivity index (χ1n) is 7.79. The second-order valence-electron chi connectivity index (χ2n) is 6.30. The van der Waals surface area contributed by atoms with Gasteiger partial charge in [0.1, 0.15) is 5.54 Å². The third kappa shape index (κ3) is 5.05. The minimum Gasteiger partial charge on any atom is -0.493 e. The van der Waals surface area contributed by atoms with E-state index in [-0.39, 0.29) is 12.3 Å². The standard InChI is InChI=1S/C18H26N2O4/c1-12(2)10-18(3,11-19)20-16(21)9-13-7-14(22-4)17(24-6)15(8-13)23-5/h7-8,12H,9-10H2,1-6H3,(H,20,21)/t18-/m0/s1. The van der Waals surface area contributed by atoms with Crippen LogP contribution in [-0.4, -0.2) is 32.8 Å². The van der Waals surface area contributed by atoms with Crippen molar-refractivity contribution in [1.29, 1.82) is 5.26 Å². The molecule has 1 N–H and O–H groups in total. The van der Waals surface area contributed by atoms with Gasteiger partial charge in [-0.05, 0) is 37.0 Å². The number of nitrogens with one attached hydrogen (secondary N) is 1. The molecule has 0 bridgehead atoms. The number of benzene rings is 1. The summed E-state index contributed by atoms with van der Waals surface area (Å²) in [7, 11) is 4.57. The topological polar surface area (TPSA) is 80.6 Å². The molecule has 0 aliphatic rings. The minimum atomic E-state index is -0.883. The Balaban J connectivity index is 2.96. The predicted molar refractivity (Wildman–Crippen MR) is 91.4 cm³/mol. The third-order valence-electron chi connectivity index (χ3n) is 3.57. The number of hydrogen-bond acceptors (Lipinski definition) is 5. The molecular formula is C18H26N2O4. The Labute approximate surface area is 143 Å². The first-order valence-corrected chi connectivity index (χ1v) is 7.79. The maximum atomic E-state index is 12.3. The Hall–Kier alpha value is -2.42. The predicted octanol–water partition coefficient (Wildman–Crippen LogP) is 2.70. The zero-order chi connectivity index (χ0) is 18.3. The van der Waals surface area contributed by atoms with Crippen LogP contribution < -0.4 is 19.5 Å². The van der Waals surface area contributed by atoms with Gasteiger partial charge in [0.25, 0.3) is 0 Å². The summed E-state index contributed by atoms with van der Waals surface area (Å²) in [5, 5.41) is 12.2. The molecule has 1 aromatic rings. The van der Waals surface area contributed by atoms with E-state index in [4.69, 9.17) is 14.2 Å². The molecule has 6 heteroatoms. The van der Waals surface area contributed by atoms with Crippen molar-refractivity contribution in [1.82, 2.24) is 5.32 Å². The van der Waals surface area contributed by atoms with Crippen molar-refractivity contribution in [2.45, 2.75) is 39.2 Å². The van der Waals surface area contributed by atoms with Gasteiger partial charge in [-0.3, -0.25) is 4.79 Å². The molecule has 1 amide bonds. The van der Waals surface area contributed by atoms with Gasteiger partial charge in [0.05, 0.1) is 33.8 Å². The molecule has 0 saturated heterocycles. The van der Waals surface area contributed by atoms with Gasteiger partial charge in [0, 0.05) is 0 Å². The molecule has 132 valence electrons. The molecule has 0 aromatic heterocycles. The number of nitriles is 1. The van der Waals surface area contributed by atoms with Crippen LogP contribution in [0.2, 0.25) is 0 Å². The van der Waals surface area contributed by atoms with E-state index in [2.05, 4.69) is 11.4 Å². The van der Waals surface area contributed by atoms with Crippen LogP contribution in [0.3, 0.4) is 0 Å². The molecule has 1 aromatic carbocycles. The number of rotatable bonds is 8. The molecule has 0 unspecified atom stereocenters. The highest BCUT2D eigenvalue weighted by molar-refractivity contribution is 5.80. The monoisotopic (exact) mass is 334 g/mol. The fourth-order valence-electron chi connectivity index (χ4n) is 2.72. The Morgan fingerprint density at radius 2 is 1.75 bits per heavy atom. The molecule has 0 heterocycles. The highest BCUT2D eigenvalue weighted by Crippen LogP contribution is 2.38. The molecule has 0 aliphatic carbocycles. The van der Waals surface area contributed by atoms with Crippen LogP contribution in [0.1, 0.15) is 32.8 Å². The number of nitrogens with zero attached hydrogens (tertiary/aromatic N) is 1. The lowest BCUT2D eigenvalue weighted by Gasteiger charge is -2.25. The van der Waals surface area contributed by atoms with Gasteiger partial charge in [-0.1, -0.05) is 13.8 Å². The average Bonchev–Trinajstić information content (AvgIpc) is 2.52. The third-order valence-corrected chi connectivity index (χ3v) is 3.57. The summed E-state index contributed by atoms with van der Waals surface area (Å²) >= 11 is 0. The number of hydrogen-bond donors (Lipinski definition) is 1. The van der Waals surface area contributed by atoms with E-state index in [1.807, 2.05) is 13.8 Å². The quantitative estimate of drug-likeness (QED) is 0.790. The van der Waals surface area contributed by atoms with Crippen LogP contribution in [-0.2, 0) is 11.2 Å². The van der Waals surface area contributed by atoms with Crippen LogP contribution in [0.15, 0.2) is 12.1 Å². The van der Waals surface area contributed by atoms with Crippen LogP contribution in [0.25, 0.3) is 0 Å².